The molecule has 1 aromatic heterocycles. The number of thioether (sulfide) groups is 1. The quantitative estimate of drug-likeness (QED) is 0.368. The molecule has 0 saturated carbocycles. The molecule has 2 aromatic rings. The second kappa shape index (κ2) is 6.19. The first-order valence-electron chi connectivity index (χ1n) is 6.92. The number of hydrogen-bond acceptors (Lipinski definition) is 8. The van der Waals surface area contributed by atoms with Crippen molar-refractivity contribution in [2.45, 2.75) is 34.7 Å². The zero-order chi connectivity index (χ0) is 16.7. The maximum atomic E-state index is 10.1. The van der Waals surface area contributed by atoms with Crippen molar-refractivity contribution in [1.82, 2.24) is 4.98 Å². The van der Waals surface area contributed by atoms with Crippen LogP contribution in [0.15, 0.2) is 23.2 Å². The van der Waals surface area contributed by atoms with Crippen LogP contribution in [0.2, 0.25) is 0 Å². The predicted octanol–water partition coefficient (Wildman–Crippen LogP) is -0.529. The Balaban J connectivity index is 1.88. The summed E-state index contributed by atoms with van der Waals surface area (Å²) in [5, 5.41) is 58.5. The third-order valence-electron chi connectivity index (χ3n) is 3.83. The summed E-state index contributed by atoms with van der Waals surface area (Å²) in [6.45, 7) is -0.495. The van der Waals surface area contributed by atoms with Crippen LogP contribution in [0.25, 0.3) is 10.9 Å². The highest BCUT2D eigenvalue weighted by Gasteiger charge is 2.43. The Bertz CT molecular complexity index is 704. The lowest BCUT2D eigenvalue weighted by Crippen LogP contribution is -2.57. The van der Waals surface area contributed by atoms with E-state index < -0.39 is 36.5 Å². The first-order valence-corrected chi connectivity index (χ1v) is 7.80. The number of phenolic OH excluding ortho intramolecular Hbond substituents is 2. The molecule has 3 rings (SSSR count). The fourth-order valence-electron chi connectivity index (χ4n) is 2.51. The van der Waals surface area contributed by atoms with Crippen molar-refractivity contribution in [2.75, 3.05) is 6.61 Å². The van der Waals surface area contributed by atoms with Crippen molar-refractivity contribution in [3.05, 3.63) is 18.3 Å². The predicted molar refractivity (Wildman–Crippen MR) is 81.3 cm³/mol. The first kappa shape index (κ1) is 16.4. The molecule has 0 spiro atoms. The van der Waals surface area contributed by atoms with Gasteiger partial charge < -0.3 is 40.4 Å². The number of aliphatic hydroxyl groups is 4. The number of ether oxygens (including phenoxy) is 1. The summed E-state index contributed by atoms with van der Waals surface area (Å²) in [7, 11) is 0. The van der Waals surface area contributed by atoms with Crippen molar-refractivity contribution in [3.8, 4) is 11.5 Å². The molecule has 126 valence electrons. The molecule has 1 aliphatic rings. The summed E-state index contributed by atoms with van der Waals surface area (Å²) in [5.74, 6) is -0.545. The molecular weight excluding hydrogens is 326 g/mol. The zero-order valence-corrected chi connectivity index (χ0v) is 12.6. The van der Waals surface area contributed by atoms with E-state index in [1.54, 1.807) is 6.20 Å². The molecule has 1 aromatic carbocycles. The second-order valence-electron chi connectivity index (χ2n) is 5.35. The Kier molecular flexibility index (Phi) is 4.41. The third-order valence-corrected chi connectivity index (χ3v) is 5.04. The topological polar surface area (TPSA) is 146 Å². The van der Waals surface area contributed by atoms with Gasteiger partial charge in [-0.1, -0.05) is 11.8 Å². The molecule has 8 nitrogen and oxygen atoms in total. The minimum absolute atomic E-state index is 0.260. The molecular formula is C14H17NO7S. The van der Waals surface area contributed by atoms with E-state index >= 15 is 0 Å². The number of benzene rings is 1. The van der Waals surface area contributed by atoms with Gasteiger partial charge in [0, 0.05) is 22.5 Å². The van der Waals surface area contributed by atoms with Crippen LogP contribution < -0.4 is 0 Å². The van der Waals surface area contributed by atoms with Crippen LogP contribution in [-0.4, -0.2) is 72.1 Å². The largest absolute Gasteiger partial charge is 0.504 e. The molecule has 5 atom stereocenters. The number of nitrogens with one attached hydrogen (secondary N) is 1. The summed E-state index contributed by atoms with van der Waals surface area (Å²) in [6.07, 6.45) is -3.57. The van der Waals surface area contributed by atoms with E-state index in [1.165, 1.54) is 12.1 Å². The van der Waals surface area contributed by atoms with Crippen molar-refractivity contribution in [3.63, 3.8) is 0 Å². The van der Waals surface area contributed by atoms with Crippen LogP contribution in [0.4, 0.5) is 0 Å². The SMILES string of the molecule is OCC1O[C@@H](Sc2c[nH]c3cc(O)c(O)cc23)C(O)C(O)[C@@H]1O. The second-order valence-corrected chi connectivity index (χ2v) is 6.49. The smallest absolute Gasteiger partial charge is 0.159 e. The highest BCUT2D eigenvalue weighted by molar-refractivity contribution is 8.00. The lowest BCUT2D eigenvalue weighted by molar-refractivity contribution is -0.205. The van der Waals surface area contributed by atoms with Gasteiger partial charge in [0.15, 0.2) is 11.5 Å². The summed E-state index contributed by atoms with van der Waals surface area (Å²) in [4.78, 5) is 3.53. The van der Waals surface area contributed by atoms with Crippen LogP contribution >= 0.6 is 11.8 Å². The molecule has 9 heteroatoms. The average Bonchev–Trinajstić information content (AvgIpc) is 2.90. The number of phenols is 2. The molecule has 1 aliphatic heterocycles. The molecule has 0 radical (unpaired) electrons. The number of aromatic amines is 1. The van der Waals surface area contributed by atoms with Crippen LogP contribution in [0.5, 0.6) is 11.5 Å². The van der Waals surface area contributed by atoms with Crippen molar-refractivity contribution >= 4 is 22.7 Å². The minimum atomic E-state index is -1.44. The first-order chi connectivity index (χ1) is 10.9. The molecule has 1 saturated heterocycles. The summed E-state index contributed by atoms with van der Waals surface area (Å²) >= 11 is 1.07. The van der Waals surface area contributed by atoms with E-state index in [2.05, 4.69) is 4.98 Å². The number of fused-ring (bicyclic) bond motifs is 1. The number of aromatic nitrogens is 1. The minimum Gasteiger partial charge on any atom is -0.504 e. The number of H-pyrrole nitrogens is 1. The third kappa shape index (κ3) is 2.87. The highest BCUT2D eigenvalue weighted by atomic mass is 32.2. The van der Waals surface area contributed by atoms with Gasteiger partial charge in [0.05, 0.1) is 12.1 Å². The lowest BCUT2D eigenvalue weighted by atomic mass is 10.0. The van der Waals surface area contributed by atoms with Crippen molar-refractivity contribution in [2.24, 2.45) is 0 Å². The molecule has 23 heavy (non-hydrogen) atoms. The number of hydrogen-bond donors (Lipinski definition) is 7. The van der Waals surface area contributed by atoms with Gasteiger partial charge in [-0.25, -0.2) is 0 Å². The monoisotopic (exact) mass is 343 g/mol. The van der Waals surface area contributed by atoms with Gasteiger partial charge in [-0.05, 0) is 6.07 Å². The molecule has 0 aliphatic carbocycles. The Hall–Kier alpha value is -1.49. The lowest BCUT2D eigenvalue weighted by Gasteiger charge is -2.39. The maximum absolute atomic E-state index is 10.1. The fourth-order valence-corrected chi connectivity index (χ4v) is 3.68. The molecule has 1 fully saturated rings. The van der Waals surface area contributed by atoms with Gasteiger partial charge >= 0.3 is 0 Å². The van der Waals surface area contributed by atoms with Crippen LogP contribution in [0.3, 0.4) is 0 Å². The van der Waals surface area contributed by atoms with Crippen molar-refractivity contribution < 1.29 is 35.4 Å². The van der Waals surface area contributed by atoms with E-state index in [-0.39, 0.29) is 11.5 Å². The number of aliphatic hydroxyl groups excluding tert-OH is 4. The van der Waals surface area contributed by atoms with Gasteiger partial charge in [-0.3, -0.25) is 0 Å². The highest BCUT2D eigenvalue weighted by Crippen LogP contribution is 2.39. The Morgan fingerprint density at radius 1 is 1.04 bits per heavy atom. The van der Waals surface area contributed by atoms with E-state index in [0.29, 0.717) is 15.8 Å². The van der Waals surface area contributed by atoms with Crippen molar-refractivity contribution in [1.29, 1.82) is 0 Å². The standard InChI is InChI=1S/C14H17NO7S/c16-4-9-11(19)12(20)13(21)14(22-9)23-10-3-15-6-2-8(18)7(17)1-5(6)10/h1-3,9,11-21H,4H2/t9?,11-,12?,13?,14+/m1/s1. The molecule has 7 N–H and O–H groups in total. The summed E-state index contributed by atoms with van der Waals surface area (Å²) < 4.78 is 5.43. The van der Waals surface area contributed by atoms with Gasteiger partial charge in [0.25, 0.3) is 0 Å². The Morgan fingerprint density at radius 3 is 2.43 bits per heavy atom. The molecule has 3 unspecified atom stereocenters. The van der Waals surface area contributed by atoms with Gasteiger partial charge in [0.2, 0.25) is 0 Å². The maximum Gasteiger partial charge on any atom is 0.159 e. The normalized spacial score (nSPS) is 31.6. The number of rotatable bonds is 3. The molecule has 0 amide bonds. The van der Waals surface area contributed by atoms with E-state index in [1.807, 2.05) is 0 Å². The van der Waals surface area contributed by atoms with E-state index in [9.17, 15) is 30.6 Å². The van der Waals surface area contributed by atoms with Gasteiger partial charge in [-0.15, -0.1) is 0 Å². The van der Waals surface area contributed by atoms with Crippen LogP contribution in [-0.2, 0) is 4.74 Å². The van der Waals surface area contributed by atoms with Crippen LogP contribution in [0, 0.1) is 0 Å². The molecule has 2 heterocycles. The zero-order valence-electron chi connectivity index (χ0n) is 11.8. The number of aromatic hydroxyl groups is 2. The Labute approximate surface area is 135 Å². The summed E-state index contributed by atoms with van der Waals surface area (Å²) in [6, 6.07) is 2.73. The fraction of sp³-hybridized carbons (Fsp3) is 0.429. The van der Waals surface area contributed by atoms with E-state index in [4.69, 9.17) is 4.74 Å². The van der Waals surface area contributed by atoms with Crippen LogP contribution in [0.1, 0.15) is 0 Å². The summed E-state index contributed by atoms with van der Waals surface area (Å²) in [5.41, 5.74) is -0.340. The van der Waals surface area contributed by atoms with E-state index in [0.717, 1.165) is 11.8 Å². The van der Waals surface area contributed by atoms with Gasteiger partial charge in [0.1, 0.15) is 29.9 Å². The molecule has 0 bridgehead atoms. The van der Waals surface area contributed by atoms with Gasteiger partial charge in [-0.2, -0.15) is 0 Å². The Morgan fingerprint density at radius 2 is 1.74 bits per heavy atom. The average molecular weight is 343 g/mol.